The summed E-state index contributed by atoms with van der Waals surface area (Å²) in [6.07, 6.45) is 0.144. The molecule has 4 aromatic rings. The highest BCUT2D eigenvalue weighted by atomic mass is 32.2. The SMILES string of the molecule is COc1cc(N(C(=O)[C@@H](N)Cc2ccccc2)S(=O)(=O)c2cc3ccccc3n2C)cc(OC)c1OC. The molecule has 2 N–H and O–H groups in total. The highest BCUT2D eigenvalue weighted by Gasteiger charge is 2.37. The molecule has 1 atom stereocenters. The number of ether oxygens (including phenoxy) is 3. The molecule has 37 heavy (non-hydrogen) atoms. The molecule has 0 fully saturated rings. The van der Waals surface area contributed by atoms with E-state index in [9.17, 15) is 13.2 Å². The number of para-hydroxylation sites is 1. The second-order valence-corrected chi connectivity index (χ2v) is 10.1. The van der Waals surface area contributed by atoms with Gasteiger partial charge >= 0.3 is 0 Å². The number of aryl methyl sites for hydroxylation is 1. The fourth-order valence-corrected chi connectivity index (χ4v) is 5.94. The van der Waals surface area contributed by atoms with Crippen LogP contribution in [0.4, 0.5) is 5.69 Å². The molecule has 0 saturated carbocycles. The monoisotopic (exact) mass is 523 g/mol. The second kappa shape index (κ2) is 10.5. The van der Waals surface area contributed by atoms with Gasteiger partial charge in [-0.05, 0) is 24.1 Å². The molecule has 194 valence electrons. The van der Waals surface area contributed by atoms with Gasteiger partial charge in [0.25, 0.3) is 15.9 Å². The van der Waals surface area contributed by atoms with Crippen molar-refractivity contribution in [2.75, 3.05) is 25.6 Å². The van der Waals surface area contributed by atoms with Crippen LogP contribution in [-0.2, 0) is 28.3 Å². The number of hydrogen-bond acceptors (Lipinski definition) is 7. The summed E-state index contributed by atoms with van der Waals surface area (Å²) < 4.78 is 46.9. The Balaban J connectivity index is 1.90. The number of benzene rings is 3. The minimum atomic E-state index is -4.44. The number of nitrogens with two attached hydrogens (primary N) is 1. The predicted molar refractivity (Wildman–Crippen MR) is 142 cm³/mol. The molecule has 1 heterocycles. The van der Waals surface area contributed by atoms with Crippen molar-refractivity contribution >= 4 is 32.5 Å². The Labute approximate surface area is 216 Å². The summed E-state index contributed by atoms with van der Waals surface area (Å²) in [4.78, 5) is 13.8. The molecule has 0 spiro atoms. The van der Waals surface area contributed by atoms with Crippen molar-refractivity contribution < 1.29 is 27.4 Å². The average molecular weight is 524 g/mol. The van der Waals surface area contributed by atoms with Crippen LogP contribution in [0.2, 0.25) is 0 Å². The number of carbonyl (C=O) groups is 1. The minimum Gasteiger partial charge on any atom is -0.493 e. The zero-order valence-electron chi connectivity index (χ0n) is 21.0. The average Bonchev–Trinajstić information content (AvgIpc) is 3.25. The normalized spacial score (nSPS) is 12.2. The number of aromatic nitrogens is 1. The largest absolute Gasteiger partial charge is 0.493 e. The topological polar surface area (TPSA) is 113 Å². The van der Waals surface area contributed by atoms with Crippen LogP contribution in [-0.4, -0.2) is 46.3 Å². The van der Waals surface area contributed by atoms with Gasteiger partial charge in [0.05, 0.1) is 33.1 Å². The molecule has 0 aliphatic heterocycles. The quantitative estimate of drug-likeness (QED) is 0.357. The molecule has 0 radical (unpaired) electrons. The number of sulfonamides is 1. The third kappa shape index (κ3) is 4.85. The summed E-state index contributed by atoms with van der Waals surface area (Å²) in [6, 6.07) is 19.6. The van der Waals surface area contributed by atoms with Crippen molar-refractivity contribution in [3.8, 4) is 17.2 Å². The predicted octanol–water partition coefficient (Wildman–Crippen LogP) is 3.50. The summed E-state index contributed by atoms with van der Waals surface area (Å²) in [5.74, 6) is -0.155. The standard InChI is InChI=1S/C27H29N3O6S/c1-29-22-13-9-8-12-19(22)15-25(29)37(32,33)30(27(31)21(28)14-18-10-6-5-7-11-18)20-16-23(34-2)26(36-4)24(17-20)35-3/h5-13,15-17,21H,14,28H2,1-4H3/t21-/m0/s1. The maximum atomic E-state index is 14.2. The van der Waals surface area contributed by atoms with Crippen LogP contribution in [0.15, 0.2) is 77.8 Å². The Morgan fingerprint density at radius 2 is 1.51 bits per heavy atom. The lowest BCUT2D eigenvalue weighted by molar-refractivity contribution is -0.118. The first kappa shape index (κ1) is 26.1. The van der Waals surface area contributed by atoms with Crippen molar-refractivity contribution in [2.45, 2.75) is 17.5 Å². The summed E-state index contributed by atoms with van der Waals surface area (Å²) in [5.41, 5.74) is 7.83. The van der Waals surface area contributed by atoms with Gasteiger partial charge in [-0.3, -0.25) is 4.79 Å². The van der Waals surface area contributed by atoms with Gasteiger partial charge in [-0.1, -0.05) is 48.5 Å². The van der Waals surface area contributed by atoms with E-state index < -0.39 is 22.0 Å². The summed E-state index contributed by atoms with van der Waals surface area (Å²) in [7, 11) is 1.45. The lowest BCUT2D eigenvalue weighted by Crippen LogP contribution is -2.48. The third-order valence-electron chi connectivity index (χ3n) is 6.11. The van der Waals surface area contributed by atoms with Crippen LogP contribution >= 0.6 is 0 Å². The number of methoxy groups -OCH3 is 3. The molecule has 1 aromatic heterocycles. The Hall–Kier alpha value is -4.02. The first-order valence-electron chi connectivity index (χ1n) is 11.5. The molecule has 9 nitrogen and oxygen atoms in total. The maximum Gasteiger partial charge on any atom is 0.286 e. The number of hydrogen-bond donors (Lipinski definition) is 1. The fraction of sp³-hybridized carbons (Fsp3) is 0.222. The number of anilines is 1. The molecule has 0 unspecified atom stereocenters. The van der Waals surface area contributed by atoms with E-state index in [1.165, 1.54) is 44.1 Å². The Morgan fingerprint density at radius 3 is 2.08 bits per heavy atom. The van der Waals surface area contributed by atoms with Crippen LogP contribution in [0, 0.1) is 0 Å². The Kier molecular flexibility index (Phi) is 7.42. The third-order valence-corrected chi connectivity index (χ3v) is 7.90. The maximum absolute atomic E-state index is 14.2. The van der Waals surface area contributed by atoms with E-state index >= 15 is 0 Å². The van der Waals surface area contributed by atoms with Crippen molar-refractivity contribution in [1.29, 1.82) is 0 Å². The highest BCUT2D eigenvalue weighted by Crippen LogP contribution is 2.42. The lowest BCUT2D eigenvalue weighted by atomic mass is 10.1. The number of carbonyl (C=O) groups excluding carboxylic acids is 1. The van der Waals surface area contributed by atoms with E-state index in [1.807, 2.05) is 42.5 Å². The number of fused-ring (bicyclic) bond motifs is 1. The Morgan fingerprint density at radius 1 is 0.919 bits per heavy atom. The van der Waals surface area contributed by atoms with E-state index in [0.29, 0.717) is 5.52 Å². The summed E-state index contributed by atoms with van der Waals surface area (Å²) >= 11 is 0. The molecule has 0 bridgehead atoms. The van der Waals surface area contributed by atoms with Gasteiger partial charge in [-0.25, -0.2) is 0 Å². The molecular formula is C27H29N3O6S. The zero-order valence-corrected chi connectivity index (χ0v) is 21.9. The van der Waals surface area contributed by atoms with Crippen LogP contribution in [0.1, 0.15) is 5.56 Å². The highest BCUT2D eigenvalue weighted by molar-refractivity contribution is 7.93. The molecular weight excluding hydrogens is 494 g/mol. The van der Waals surface area contributed by atoms with E-state index in [0.717, 1.165) is 15.3 Å². The van der Waals surface area contributed by atoms with Crippen molar-refractivity contribution in [3.05, 3.63) is 78.4 Å². The Bertz CT molecular complexity index is 1510. The molecule has 0 saturated heterocycles. The van der Waals surface area contributed by atoms with E-state index in [2.05, 4.69) is 0 Å². The van der Waals surface area contributed by atoms with Gasteiger partial charge in [0.2, 0.25) is 5.75 Å². The van der Waals surface area contributed by atoms with Crippen molar-refractivity contribution in [2.24, 2.45) is 12.8 Å². The summed E-state index contributed by atoms with van der Waals surface area (Å²) in [6.45, 7) is 0. The molecule has 1 amide bonds. The zero-order chi connectivity index (χ0) is 26.7. The van der Waals surface area contributed by atoms with Gasteiger partial charge < -0.3 is 24.5 Å². The second-order valence-electron chi connectivity index (χ2n) is 8.39. The van der Waals surface area contributed by atoms with Crippen LogP contribution in [0.3, 0.4) is 0 Å². The van der Waals surface area contributed by atoms with Gasteiger partial charge in [0.15, 0.2) is 16.5 Å². The van der Waals surface area contributed by atoms with Crippen LogP contribution < -0.4 is 24.2 Å². The summed E-state index contributed by atoms with van der Waals surface area (Å²) in [5, 5.41) is 0.650. The van der Waals surface area contributed by atoms with Crippen molar-refractivity contribution in [1.82, 2.24) is 4.57 Å². The minimum absolute atomic E-state index is 0.00766. The fourth-order valence-electron chi connectivity index (χ4n) is 4.28. The number of rotatable bonds is 9. The van der Waals surface area contributed by atoms with Crippen LogP contribution in [0.25, 0.3) is 10.9 Å². The van der Waals surface area contributed by atoms with E-state index in [-0.39, 0.29) is 34.4 Å². The van der Waals surface area contributed by atoms with Gasteiger partial charge in [-0.15, -0.1) is 0 Å². The molecule has 10 heteroatoms. The molecule has 3 aromatic carbocycles. The van der Waals surface area contributed by atoms with Crippen LogP contribution in [0.5, 0.6) is 17.2 Å². The molecule has 0 aliphatic carbocycles. The number of amides is 1. The smallest absolute Gasteiger partial charge is 0.286 e. The first-order chi connectivity index (χ1) is 17.7. The first-order valence-corrected chi connectivity index (χ1v) is 12.9. The van der Waals surface area contributed by atoms with Gasteiger partial charge in [0.1, 0.15) is 0 Å². The van der Waals surface area contributed by atoms with E-state index in [4.69, 9.17) is 19.9 Å². The van der Waals surface area contributed by atoms with Gasteiger partial charge in [-0.2, -0.15) is 12.7 Å². The molecule has 4 rings (SSSR count). The lowest BCUT2D eigenvalue weighted by Gasteiger charge is -2.27. The van der Waals surface area contributed by atoms with Crippen molar-refractivity contribution in [3.63, 3.8) is 0 Å². The number of nitrogens with zero attached hydrogens (tertiary/aromatic N) is 2. The molecule has 0 aliphatic rings. The van der Waals surface area contributed by atoms with E-state index in [1.54, 1.807) is 19.2 Å². The van der Waals surface area contributed by atoms with Gasteiger partial charge in [0, 0.05) is 30.1 Å².